The molecule has 0 saturated heterocycles. The van der Waals surface area contributed by atoms with Crippen molar-refractivity contribution in [2.75, 3.05) is 0 Å². The van der Waals surface area contributed by atoms with Crippen LogP contribution in [0.15, 0.2) is 56.8 Å². The molecule has 0 amide bonds. The zero-order chi connectivity index (χ0) is 19.0. The monoisotopic (exact) mass is 380 g/mol. The van der Waals surface area contributed by atoms with Crippen LogP contribution in [0.5, 0.6) is 5.75 Å². The number of nitrogens with zero attached hydrogens (tertiary/aromatic N) is 4. The Labute approximate surface area is 158 Å². The number of aromatic hydroxyl groups is 1. The summed E-state index contributed by atoms with van der Waals surface area (Å²) in [5, 5.41) is 23.2. The van der Waals surface area contributed by atoms with E-state index in [1.165, 1.54) is 17.8 Å². The van der Waals surface area contributed by atoms with Gasteiger partial charge in [-0.15, -0.1) is 5.10 Å². The lowest BCUT2D eigenvalue weighted by Gasteiger charge is -2.08. The van der Waals surface area contributed by atoms with Crippen molar-refractivity contribution in [2.45, 2.75) is 24.8 Å². The number of hydrogen-bond acceptors (Lipinski definition) is 7. The van der Waals surface area contributed by atoms with Gasteiger partial charge in [0, 0.05) is 22.8 Å². The zero-order valence-electron chi connectivity index (χ0n) is 14.7. The normalized spacial score (nSPS) is 11.2. The summed E-state index contributed by atoms with van der Waals surface area (Å²) in [6.45, 7) is 3.73. The number of tetrazole rings is 1. The first kappa shape index (κ1) is 17.3. The van der Waals surface area contributed by atoms with Gasteiger partial charge in [-0.05, 0) is 59.7 Å². The number of phenols is 1. The highest BCUT2D eigenvalue weighted by Gasteiger charge is 2.14. The Morgan fingerprint density at radius 2 is 2.04 bits per heavy atom. The predicted molar refractivity (Wildman–Crippen MR) is 102 cm³/mol. The van der Waals surface area contributed by atoms with E-state index in [9.17, 15) is 9.90 Å². The summed E-state index contributed by atoms with van der Waals surface area (Å²) in [6.07, 6.45) is 0. The standard InChI is InChI=1S/C19H16N4O3S/c1-11-4-3-5-14(8-11)23-19(20-21-22-23)27-10-13-9-17(25)26-18-12(2)16(24)7-6-15(13)18/h3-9,24H,10H2,1-2H3. The van der Waals surface area contributed by atoms with E-state index in [4.69, 9.17) is 4.42 Å². The molecule has 0 radical (unpaired) electrons. The fourth-order valence-corrected chi connectivity index (χ4v) is 3.75. The molecule has 8 heteroatoms. The molecule has 0 spiro atoms. The van der Waals surface area contributed by atoms with E-state index in [2.05, 4.69) is 15.5 Å². The molecule has 136 valence electrons. The summed E-state index contributed by atoms with van der Waals surface area (Å²) in [7, 11) is 0. The van der Waals surface area contributed by atoms with Crippen molar-refractivity contribution in [1.29, 1.82) is 0 Å². The van der Waals surface area contributed by atoms with Gasteiger partial charge in [-0.1, -0.05) is 23.9 Å². The predicted octanol–water partition coefficient (Wildman–Crippen LogP) is 3.38. The molecule has 0 aliphatic rings. The van der Waals surface area contributed by atoms with Gasteiger partial charge in [-0.25, -0.2) is 4.79 Å². The first-order chi connectivity index (χ1) is 13.0. The first-order valence-corrected chi connectivity index (χ1v) is 9.25. The summed E-state index contributed by atoms with van der Waals surface area (Å²) in [5.41, 5.74) is 3.28. The van der Waals surface area contributed by atoms with Crippen LogP contribution in [-0.2, 0) is 5.75 Å². The van der Waals surface area contributed by atoms with Gasteiger partial charge in [-0.3, -0.25) is 0 Å². The maximum Gasteiger partial charge on any atom is 0.336 e. The number of benzene rings is 2. The second kappa shape index (κ2) is 6.88. The number of rotatable bonds is 4. The smallest absolute Gasteiger partial charge is 0.336 e. The summed E-state index contributed by atoms with van der Waals surface area (Å²) in [4.78, 5) is 12.0. The number of aromatic nitrogens is 4. The molecule has 0 saturated carbocycles. The van der Waals surface area contributed by atoms with Crippen LogP contribution >= 0.6 is 11.8 Å². The molecule has 1 N–H and O–H groups in total. The molecule has 0 fully saturated rings. The van der Waals surface area contributed by atoms with Crippen molar-refractivity contribution < 1.29 is 9.52 Å². The Morgan fingerprint density at radius 3 is 2.85 bits per heavy atom. The second-order valence-electron chi connectivity index (χ2n) is 6.18. The lowest BCUT2D eigenvalue weighted by molar-refractivity contribution is 0.468. The van der Waals surface area contributed by atoms with Gasteiger partial charge >= 0.3 is 5.63 Å². The lowest BCUT2D eigenvalue weighted by atomic mass is 10.1. The van der Waals surface area contributed by atoms with Gasteiger partial charge < -0.3 is 9.52 Å². The fourth-order valence-electron chi connectivity index (χ4n) is 2.87. The topological polar surface area (TPSA) is 94.0 Å². The average molecular weight is 380 g/mol. The molecule has 2 aromatic carbocycles. The number of aryl methyl sites for hydroxylation is 2. The zero-order valence-corrected chi connectivity index (χ0v) is 15.5. The van der Waals surface area contributed by atoms with Gasteiger partial charge in [0.2, 0.25) is 5.16 Å². The van der Waals surface area contributed by atoms with Gasteiger partial charge in [0.15, 0.2) is 0 Å². The largest absolute Gasteiger partial charge is 0.508 e. The molecule has 4 aromatic rings. The number of hydrogen-bond donors (Lipinski definition) is 1. The summed E-state index contributed by atoms with van der Waals surface area (Å²) >= 11 is 1.42. The van der Waals surface area contributed by atoms with Crippen molar-refractivity contribution in [3.63, 3.8) is 0 Å². The Bertz CT molecular complexity index is 1200. The Morgan fingerprint density at radius 1 is 1.19 bits per heavy atom. The van der Waals surface area contributed by atoms with Crippen LogP contribution in [0.2, 0.25) is 0 Å². The van der Waals surface area contributed by atoms with Gasteiger partial charge in [-0.2, -0.15) is 4.68 Å². The van der Waals surface area contributed by atoms with E-state index < -0.39 is 5.63 Å². The number of phenolic OH excluding ortho intramolecular Hbond substituents is 1. The SMILES string of the molecule is Cc1cccc(-n2nnnc2SCc2cc(=O)oc3c(C)c(O)ccc23)c1. The maximum atomic E-state index is 12.0. The third-order valence-corrected chi connectivity index (χ3v) is 5.23. The van der Waals surface area contributed by atoms with E-state index in [-0.39, 0.29) is 5.75 Å². The van der Waals surface area contributed by atoms with Crippen molar-refractivity contribution in [1.82, 2.24) is 20.2 Å². The first-order valence-electron chi connectivity index (χ1n) is 8.26. The van der Waals surface area contributed by atoms with Crippen LogP contribution in [-0.4, -0.2) is 25.3 Å². The molecule has 7 nitrogen and oxygen atoms in total. The molecule has 0 aliphatic carbocycles. The van der Waals surface area contributed by atoms with Crippen molar-refractivity contribution >= 4 is 22.7 Å². The van der Waals surface area contributed by atoms with Crippen LogP contribution in [0, 0.1) is 13.8 Å². The van der Waals surface area contributed by atoms with Crippen LogP contribution < -0.4 is 5.63 Å². The minimum absolute atomic E-state index is 0.0962. The highest BCUT2D eigenvalue weighted by atomic mass is 32.2. The molecular formula is C19H16N4O3S. The van der Waals surface area contributed by atoms with Crippen molar-refractivity contribution in [3.8, 4) is 11.4 Å². The second-order valence-corrected chi connectivity index (χ2v) is 7.12. The number of fused-ring (bicyclic) bond motifs is 1. The molecule has 4 rings (SSSR count). The van der Waals surface area contributed by atoms with Crippen LogP contribution in [0.3, 0.4) is 0 Å². The number of thioether (sulfide) groups is 1. The molecule has 0 atom stereocenters. The summed E-state index contributed by atoms with van der Waals surface area (Å²) in [5.74, 6) is 0.581. The van der Waals surface area contributed by atoms with E-state index >= 15 is 0 Å². The minimum Gasteiger partial charge on any atom is -0.508 e. The van der Waals surface area contributed by atoms with E-state index in [1.54, 1.807) is 23.7 Å². The molecule has 0 unspecified atom stereocenters. The molecular weight excluding hydrogens is 364 g/mol. The van der Waals surface area contributed by atoms with Gasteiger partial charge in [0.25, 0.3) is 0 Å². The lowest BCUT2D eigenvalue weighted by Crippen LogP contribution is -2.02. The van der Waals surface area contributed by atoms with E-state index in [1.807, 2.05) is 31.2 Å². The molecule has 2 heterocycles. The molecule has 0 bridgehead atoms. The Hall–Kier alpha value is -3.13. The fraction of sp³-hybridized carbons (Fsp3) is 0.158. The Balaban J connectivity index is 1.69. The van der Waals surface area contributed by atoms with Gasteiger partial charge in [0.05, 0.1) is 5.69 Å². The maximum absolute atomic E-state index is 12.0. The van der Waals surface area contributed by atoms with Crippen molar-refractivity contribution in [2.24, 2.45) is 0 Å². The third-order valence-electron chi connectivity index (χ3n) is 4.26. The summed E-state index contributed by atoms with van der Waals surface area (Å²) in [6, 6.07) is 12.7. The van der Waals surface area contributed by atoms with Crippen LogP contribution in [0.4, 0.5) is 0 Å². The van der Waals surface area contributed by atoms with E-state index in [0.29, 0.717) is 22.1 Å². The van der Waals surface area contributed by atoms with E-state index in [0.717, 1.165) is 22.2 Å². The van der Waals surface area contributed by atoms with Gasteiger partial charge in [0.1, 0.15) is 11.3 Å². The Kier molecular flexibility index (Phi) is 4.41. The average Bonchev–Trinajstić information content (AvgIpc) is 3.12. The quantitative estimate of drug-likeness (QED) is 0.428. The molecule has 0 aliphatic heterocycles. The molecule has 27 heavy (non-hydrogen) atoms. The third kappa shape index (κ3) is 3.31. The highest BCUT2D eigenvalue weighted by molar-refractivity contribution is 7.98. The minimum atomic E-state index is -0.454. The van der Waals surface area contributed by atoms with Crippen LogP contribution in [0.25, 0.3) is 16.7 Å². The summed E-state index contributed by atoms with van der Waals surface area (Å²) < 4.78 is 6.96. The van der Waals surface area contributed by atoms with Crippen LogP contribution in [0.1, 0.15) is 16.7 Å². The highest BCUT2D eigenvalue weighted by Crippen LogP contribution is 2.30. The van der Waals surface area contributed by atoms with Crippen molar-refractivity contribution in [3.05, 3.63) is 69.6 Å². The molecule has 2 aromatic heterocycles.